The number of nitrogens with zero attached hydrogens (tertiary/aromatic N) is 4. The molecule has 0 saturated carbocycles. The number of pyridine rings is 1. The van der Waals surface area contributed by atoms with Gasteiger partial charge in [0.1, 0.15) is 34.3 Å². The number of para-hydroxylation sites is 2. The Morgan fingerprint density at radius 2 is 1.62 bits per heavy atom. The first-order valence-electron chi connectivity index (χ1n) is 9.58. The summed E-state index contributed by atoms with van der Waals surface area (Å²) in [6, 6.07) is 20.1. The minimum Gasteiger partial charge on any atom is -0.372 e. The van der Waals surface area contributed by atoms with Crippen molar-refractivity contribution < 1.29 is 4.40 Å². The van der Waals surface area contributed by atoms with E-state index in [0.29, 0.717) is 28.2 Å². The highest BCUT2D eigenvalue weighted by Gasteiger charge is 2.26. The van der Waals surface area contributed by atoms with Gasteiger partial charge in [-0.1, -0.05) is 24.3 Å². The van der Waals surface area contributed by atoms with E-state index in [-0.39, 0.29) is 0 Å². The summed E-state index contributed by atoms with van der Waals surface area (Å²) >= 11 is 0. The Bertz CT molecular complexity index is 1300. The van der Waals surface area contributed by atoms with Crippen LogP contribution < -0.4 is 15.0 Å². The molecule has 0 aliphatic rings. The number of nitrogens with one attached hydrogen (secondary N) is 1. The summed E-state index contributed by atoms with van der Waals surface area (Å²) in [5, 5.41) is 19.9. The smallest absolute Gasteiger partial charge is 0.250 e. The van der Waals surface area contributed by atoms with Gasteiger partial charge in [-0.25, -0.2) is 0 Å². The molecule has 0 saturated heterocycles. The van der Waals surface area contributed by atoms with Crippen LogP contribution in [-0.4, -0.2) is 18.1 Å². The van der Waals surface area contributed by atoms with Crippen LogP contribution in [-0.2, 0) is 0 Å². The van der Waals surface area contributed by atoms with Gasteiger partial charge in [-0.3, -0.25) is 4.98 Å². The van der Waals surface area contributed by atoms with E-state index in [0.717, 1.165) is 35.4 Å². The molecule has 0 atom stereocenters. The molecular weight excluding hydrogens is 360 g/mol. The van der Waals surface area contributed by atoms with Gasteiger partial charge in [-0.2, -0.15) is 14.9 Å². The Morgan fingerprint density at radius 1 is 0.966 bits per heavy atom. The molecule has 29 heavy (non-hydrogen) atoms. The van der Waals surface area contributed by atoms with E-state index in [1.54, 1.807) is 4.40 Å². The lowest BCUT2D eigenvalue weighted by atomic mass is 9.96. The zero-order valence-electron chi connectivity index (χ0n) is 16.4. The molecule has 0 fully saturated rings. The highest BCUT2D eigenvalue weighted by atomic mass is 15.1. The van der Waals surface area contributed by atoms with Crippen LogP contribution in [0.2, 0.25) is 0 Å². The normalized spacial score (nSPS) is 10.8. The maximum Gasteiger partial charge on any atom is 0.250 e. The monoisotopic (exact) mass is 381 g/mol. The number of hydrogen-bond donors (Lipinski definition) is 2. The van der Waals surface area contributed by atoms with Crippen LogP contribution in [0.5, 0.6) is 0 Å². The predicted octanol–water partition coefficient (Wildman–Crippen LogP) is 3.75. The lowest BCUT2D eigenvalue weighted by molar-refractivity contribution is -0.464. The second kappa shape index (κ2) is 7.18. The van der Waals surface area contributed by atoms with Crippen molar-refractivity contribution in [3.05, 3.63) is 59.7 Å². The van der Waals surface area contributed by atoms with Crippen LogP contribution in [0.15, 0.2) is 48.5 Å². The van der Waals surface area contributed by atoms with Crippen molar-refractivity contribution in [1.82, 2.24) is 4.98 Å². The van der Waals surface area contributed by atoms with E-state index < -0.39 is 0 Å². The Kier molecular flexibility index (Phi) is 4.54. The summed E-state index contributed by atoms with van der Waals surface area (Å²) in [7, 11) is 0. The molecule has 2 heterocycles. The van der Waals surface area contributed by atoms with Crippen molar-refractivity contribution >= 4 is 28.2 Å². The Morgan fingerprint density at radius 3 is 2.24 bits per heavy atom. The Labute approximate surface area is 169 Å². The number of fused-ring (bicyclic) bond motifs is 3. The molecule has 0 radical (unpaired) electrons. The number of nitrogens with two attached hydrogens (primary N) is 1. The van der Waals surface area contributed by atoms with E-state index in [4.69, 9.17) is 5.73 Å². The molecular formula is C23H21N6+. The van der Waals surface area contributed by atoms with Gasteiger partial charge >= 0.3 is 0 Å². The number of H-pyrrole nitrogens is 1. The van der Waals surface area contributed by atoms with Crippen molar-refractivity contribution in [2.45, 2.75) is 13.8 Å². The number of nitrogen functional groups attached to an aromatic ring is 1. The van der Waals surface area contributed by atoms with Crippen LogP contribution >= 0.6 is 0 Å². The molecule has 0 bridgehead atoms. The Hall–Kier alpha value is -4.03. The number of rotatable bonds is 4. The first-order valence-corrected chi connectivity index (χ1v) is 9.58. The summed E-state index contributed by atoms with van der Waals surface area (Å²) in [5.41, 5.74) is 11.9. The summed E-state index contributed by atoms with van der Waals surface area (Å²) in [6.07, 6.45) is 0. The minimum absolute atomic E-state index is 0.305. The van der Waals surface area contributed by atoms with Crippen LogP contribution in [0, 0.1) is 22.7 Å². The third kappa shape index (κ3) is 2.74. The number of hydrogen-bond acceptors (Lipinski definition) is 4. The molecule has 0 unspecified atom stereocenters. The molecule has 0 aliphatic carbocycles. The fraction of sp³-hybridized carbons (Fsp3) is 0.174. The van der Waals surface area contributed by atoms with Gasteiger partial charge < -0.3 is 10.6 Å². The van der Waals surface area contributed by atoms with Crippen molar-refractivity contribution in [3.8, 4) is 23.3 Å². The van der Waals surface area contributed by atoms with Gasteiger partial charge in [0, 0.05) is 24.3 Å². The molecule has 0 aliphatic heterocycles. The van der Waals surface area contributed by atoms with Crippen LogP contribution in [0.4, 0.5) is 11.5 Å². The molecule has 3 N–H and O–H groups in total. The summed E-state index contributed by atoms with van der Waals surface area (Å²) < 4.78 is 1.75. The SMILES string of the molecule is CCN(CC)c1ccc(-c2c(C#N)c(N)[n+]3c([nH]c4ccccc43)c2C#N)cc1. The highest BCUT2D eigenvalue weighted by molar-refractivity contribution is 5.87. The highest BCUT2D eigenvalue weighted by Crippen LogP contribution is 2.33. The second-order valence-electron chi connectivity index (χ2n) is 6.78. The topological polar surface area (TPSA) is 96.7 Å². The number of anilines is 2. The third-order valence-electron chi connectivity index (χ3n) is 5.36. The van der Waals surface area contributed by atoms with Crippen molar-refractivity contribution in [1.29, 1.82) is 10.5 Å². The quantitative estimate of drug-likeness (QED) is 0.526. The molecule has 142 valence electrons. The third-order valence-corrected chi connectivity index (χ3v) is 5.36. The number of imidazole rings is 1. The van der Waals surface area contributed by atoms with E-state index in [1.165, 1.54) is 0 Å². The molecule has 6 nitrogen and oxygen atoms in total. The zero-order chi connectivity index (χ0) is 20.5. The van der Waals surface area contributed by atoms with Crippen LogP contribution in [0.1, 0.15) is 25.0 Å². The molecule has 6 heteroatoms. The summed E-state index contributed by atoms with van der Waals surface area (Å²) in [4.78, 5) is 5.53. The van der Waals surface area contributed by atoms with Gasteiger partial charge in [0.25, 0.3) is 5.65 Å². The first kappa shape index (κ1) is 18.3. The molecule has 2 aromatic carbocycles. The van der Waals surface area contributed by atoms with Gasteiger partial charge in [-0.15, -0.1) is 0 Å². The van der Waals surface area contributed by atoms with Crippen LogP contribution in [0.25, 0.3) is 27.8 Å². The van der Waals surface area contributed by atoms with Gasteiger partial charge in [-0.05, 0) is 43.7 Å². The largest absolute Gasteiger partial charge is 0.372 e. The summed E-state index contributed by atoms with van der Waals surface area (Å²) in [5.74, 6) is 0.321. The van der Waals surface area contributed by atoms with Gasteiger partial charge in [0.2, 0.25) is 5.82 Å². The average molecular weight is 381 g/mol. The fourth-order valence-electron chi connectivity index (χ4n) is 3.92. The number of aromatic amines is 1. The fourth-order valence-corrected chi connectivity index (χ4v) is 3.92. The molecule has 0 spiro atoms. The zero-order valence-corrected chi connectivity index (χ0v) is 16.4. The molecule has 0 amide bonds. The molecule has 4 aromatic rings. The lowest BCUT2D eigenvalue weighted by Gasteiger charge is -2.21. The van der Waals surface area contributed by atoms with E-state index in [9.17, 15) is 10.5 Å². The maximum absolute atomic E-state index is 9.99. The summed E-state index contributed by atoms with van der Waals surface area (Å²) in [6.45, 7) is 6.04. The van der Waals surface area contributed by atoms with E-state index >= 15 is 0 Å². The second-order valence-corrected chi connectivity index (χ2v) is 6.78. The van der Waals surface area contributed by atoms with Crippen molar-refractivity contribution in [2.24, 2.45) is 0 Å². The first-order chi connectivity index (χ1) is 14.1. The van der Waals surface area contributed by atoms with Gasteiger partial charge in [0.05, 0.1) is 0 Å². The lowest BCUT2D eigenvalue weighted by Crippen LogP contribution is -2.28. The number of benzene rings is 2. The van der Waals surface area contributed by atoms with Crippen LogP contribution in [0.3, 0.4) is 0 Å². The predicted molar refractivity (Wildman–Crippen MR) is 114 cm³/mol. The average Bonchev–Trinajstić information content (AvgIpc) is 3.15. The van der Waals surface area contributed by atoms with E-state index in [1.807, 2.05) is 48.5 Å². The standard InChI is InChI=1S/C23H20N6/c1-3-28(4-2)16-11-9-15(10-12-16)21-17(13-24)22(26)29-20-8-6-5-7-19(20)27-23(29)18(21)14-25/h5-12H,3-4H2,1-2H3,(H2,26,27)/p+1. The number of nitriles is 2. The van der Waals surface area contributed by atoms with E-state index in [2.05, 4.69) is 35.9 Å². The minimum atomic E-state index is 0.305. The number of aromatic nitrogens is 2. The molecule has 2 aromatic heterocycles. The maximum atomic E-state index is 9.99. The molecule has 4 rings (SSSR count). The van der Waals surface area contributed by atoms with Gasteiger partial charge in [0.15, 0.2) is 0 Å². The van der Waals surface area contributed by atoms with Crippen molar-refractivity contribution in [3.63, 3.8) is 0 Å². The Balaban J connectivity index is 2.03. The van der Waals surface area contributed by atoms with Crippen molar-refractivity contribution in [2.75, 3.05) is 23.7 Å².